The van der Waals surface area contributed by atoms with Crippen LogP contribution in [0, 0.1) is 12.8 Å². The zero-order valence-electron chi connectivity index (χ0n) is 12.9. The second-order valence-corrected chi connectivity index (χ2v) is 6.85. The van der Waals surface area contributed by atoms with Crippen LogP contribution in [-0.2, 0) is 16.1 Å². The van der Waals surface area contributed by atoms with Crippen LogP contribution in [0.3, 0.4) is 0 Å². The third-order valence-corrected chi connectivity index (χ3v) is 5.64. The highest BCUT2D eigenvalue weighted by Gasteiger charge is 2.33. The summed E-state index contributed by atoms with van der Waals surface area (Å²) in [6.07, 6.45) is 2.22. The highest BCUT2D eigenvalue weighted by atomic mass is 79.9. The first-order valence-corrected chi connectivity index (χ1v) is 8.54. The Labute approximate surface area is 142 Å². The minimum atomic E-state index is -0.821. The van der Waals surface area contributed by atoms with E-state index in [0.717, 1.165) is 33.9 Å². The van der Waals surface area contributed by atoms with Crippen LogP contribution in [-0.4, -0.2) is 27.6 Å². The molecule has 1 fully saturated rings. The standard InChI is InChI=1S/C17H19BrN2O3/c1-10-16(18)12-5-2-3-8-14(12)20(10)9-15(21)19-13-7-4-6-11(13)17(22)23/h2-3,5,8,11,13H,4,6-7,9H2,1H3,(H,19,21)(H,22,23)/t11-,13+/m0/s1. The van der Waals surface area contributed by atoms with Crippen molar-refractivity contribution in [3.8, 4) is 0 Å². The third kappa shape index (κ3) is 3.00. The molecular weight excluding hydrogens is 360 g/mol. The van der Waals surface area contributed by atoms with Gasteiger partial charge in [-0.25, -0.2) is 0 Å². The van der Waals surface area contributed by atoms with Crippen LogP contribution in [0.1, 0.15) is 25.0 Å². The lowest BCUT2D eigenvalue weighted by Crippen LogP contribution is -2.41. The number of aromatic nitrogens is 1. The van der Waals surface area contributed by atoms with Crippen LogP contribution in [0.2, 0.25) is 0 Å². The highest BCUT2D eigenvalue weighted by Crippen LogP contribution is 2.30. The lowest BCUT2D eigenvalue weighted by molar-refractivity contribution is -0.142. The van der Waals surface area contributed by atoms with E-state index in [9.17, 15) is 14.7 Å². The first-order valence-electron chi connectivity index (χ1n) is 7.74. The first-order chi connectivity index (χ1) is 11.0. The topological polar surface area (TPSA) is 71.3 Å². The molecule has 0 radical (unpaired) electrons. The summed E-state index contributed by atoms with van der Waals surface area (Å²) in [6, 6.07) is 7.65. The summed E-state index contributed by atoms with van der Waals surface area (Å²) in [5, 5.41) is 13.2. The van der Waals surface area contributed by atoms with Gasteiger partial charge in [0.25, 0.3) is 0 Å². The van der Waals surface area contributed by atoms with Crippen molar-refractivity contribution in [1.82, 2.24) is 9.88 Å². The van der Waals surface area contributed by atoms with Crippen molar-refractivity contribution in [2.45, 2.75) is 38.8 Å². The Balaban J connectivity index is 1.79. The van der Waals surface area contributed by atoms with Crippen molar-refractivity contribution < 1.29 is 14.7 Å². The molecule has 5 nitrogen and oxygen atoms in total. The number of carboxylic acids is 1. The average Bonchev–Trinajstić information content (AvgIpc) is 3.07. The van der Waals surface area contributed by atoms with Crippen LogP contribution in [0.15, 0.2) is 28.7 Å². The van der Waals surface area contributed by atoms with Crippen molar-refractivity contribution >= 4 is 38.7 Å². The van der Waals surface area contributed by atoms with Gasteiger partial charge in [0.1, 0.15) is 6.54 Å². The summed E-state index contributed by atoms with van der Waals surface area (Å²) >= 11 is 3.58. The van der Waals surface area contributed by atoms with Gasteiger partial charge in [-0.2, -0.15) is 0 Å². The molecule has 1 aliphatic rings. The first kappa shape index (κ1) is 16.1. The minimum absolute atomic E-state index is 0.139. The van der Waals surface area contributed by atoms with Crippen molar-refractivity contribution in [2.75, 3.05) is 0 Å². The summed E-state index contributed by atoms with van der Waals surface area (Å²) in [6.45, 7) is 2.16. The molecule has 6 heteroatoms. The maximum Gasteiger partial charge on any atom is 0.308 e. The number of para-hydroxylation sites is 1. The molecule has 0 spiro atoms. The predicted octanol–water partition coefficient (Wildman–Crippen LogP) is 3.08. The van der Waals surface area contributed by atoms with Gasteiger partial charge < -0.3 is 15.0 Å². The van der Waals surface area contributed by atoms with Crippen LogP contribution in [0.5, 0.6) is 0 Å². The number of rotatable bonds is 4. The maximum atomic E-state index is 12.4. The lowest BCUT2D eigenvalue weighted by atomic mass is 10.0. The molecule has 1 heterocycles. The van der Waals surface area contributed by atoms with Gasteiger partial charge in [0.2, 0.25) is 5.91 Å². The number of hydrogen-bond donors (Lipinski definition) is 2. The number of carboxylic acid groups (broad SMARTS) is 1. The summed E-state index contributed by atoms with van der Waals surface area (Å²) in [5.41, 5.74) is 1.98. The molecule has 1 aromatic carbocycles. The largest absolute Gasteiger partial charge is 0.481 e. The summed E-state index contributed by atoms with van der Waals surface area (Å²) in [7, 11) is 0. The molecule has 3 rings (SSSR count). The molecule has 0 saturated heterocycles. The number of carbonyl (C=O) groups is 2. The van der Waals surface area contributed by atoms with Gasteiger partial charge in [0.05, 0.1) is 5.92 Å². The summed E-state index contributed by atoms with van der Waals surface area (Å²) in [4.78, 5) is 23.6. The Morgan fingerprint density at radius 2 is 2.09 bits per heavy atom. The number of nitrogens with one attached hydrogen (secondary N) is 1. The van der Waals surface area contributed by atoms with Gasteiger partial charge in [0, 0.05) is 27.1 Å². The Morgan fingerprint density at radius 1 is 1.35 bits per heavy atom. The number of nitrogens with zero attached hydrogens (tertiary/aromatic N) is 1. The number of fused-ring (bicyclic) bond motifs is 1. The van der Waals surface area contributed by atoms with Crippen molar-refractivity contribution in [2.24, 2.45) is 5.92 Å². The highest BCUT2D eigenvalue weighted by molar-refractivity contribution is 9.10. The molecule has 2 atom stereocenters. The zero-order chi connectivity index (χ0) is 16.6. The van der Waals surface area contributed by atoms with Crippen LogP contribution in [0.25, 0.3) is 10.9 Å². The molecule has 1 amide bonds. The average molecular weight is 379 g/mol. The fourth-order valence-electron chi connectivity index (χ4n) is 3.42. The molecule has 23 heavy (non-hydrogen) atoms. The number of carbonyl (C=O) groups excluding carboxylic acids is 1. The van der Waals surface area contributed by atoms with Gasteiger partial charge in [-0.1, -0.05) is 24.6 Å². The third-order valence-electron chi connectivity index (χ3n) is 4.64. The van der Waals surface area contributed by atoms with Crippen molar-refractivity contribution in [3.63, 3.8) is 0 Å². The van der Waals surface area contributed by atoms with Crippen molar-refractivity contribution in [3.05, 3.63) is 34.4 Å². The van der Waals surface area contributed by atoms with Crippen LogP contribution >= 0.6 is 15.9 Å². The lowest BCUT2D eigenvalue weighted by Gasteiger charge is -2.18. The summed E-state index contributed by atoms with van der Waals surface area (Å²) < 4.78 is 2.95. The number of benzene rings is 1. The number of amides is 1. The molecule has 0 aliphatic heterocycles. The second-order valence-electron chi connectivity index (χ2n) is 6.05. The predicted molar refractivity (Wildman–Crippen MR) is 91.3 cm³/mol. The Hall–Kier alpha value is -1.82. The van der Waals surface area contributed by atoms with E-state index in [4.69, 9.17) is 0 Å². The smallest absolute Gasteiger partial charge is 0.308 e. The fourth-order valence-corrected chi connectivity index (χ4v) is 3.97. The van der Waals surface area contributed by atoms with E-state index in [-0.39, 0.29) is 18.5 Å². The van der Waals surface area contributed by atoms with E-state index >= 15 is 0 Å². The molecule has 2 N–H and O–H groups in total. The number of hydrogen-bond acceptors (Lipinski definition) is 2. The van der Waals surface area contributed by atoms with Gasteiger partial charge in [0.15, 0.2) is 0 Å². The van der Waals surface area contributed by atoms with Crippen LogP contribution in [0.4, 0.5) is 0 Å². The minimum Gasteiger partial charge on any atom is -0.481 e. The van der Waals surface area contributed by atoms with Gasteiger partial charge in [-0.3, -0.25) is 9.59 Å². The van der Waals surface area contributed by atoms with Gasteiger partial charge >= 0.3 is 5.97 Å². The monoisotopic (exact) mass is 378 g/mol. The Morgan fingerprint density at radius 3 is 2.83 bits per heavy atom. The fraction of sp³-hybridized carbons (Fsp3) is 0.412. The van der Waals surface area contributed by atoms with E-state index in [0.29, 0.717) is 6.42 Å². The molecule has 122 valence electrons. The molecule has 1 aromatic heterocycles. The molecule has 0 bridgehead atoms. The second kappa shape index (κ2) is 6.35. The summed E-state index contributed by atoms with van der Waals surface area (Å²) in [5.74, 6) is -1.43. The van der Waals surface area contributed by atoms with Crippen molar-refractivity contribution in [1.29, 1.82) is 0 Å². The van der Waals surface area contributed by atoms with E-state index in [1.165, 1.54) is 0 Å². The quantitative estimate of drug-likeness (QED) is 0.858. The van der Waals surface area contributed by atoms with E-state index < -0.39 is 11.9 Å². The van der Waals surface area contributed by atoms with E-state index in [1.807, 2.05) is 35.8 Å². The SMILES string of the molecule is Cc1c(Br)c2ccccc2n1CC(=O)N[C@@H]1CCC[C@@H]1C(=O)O. The Kier molecular flexibility index (Phi) is 4.43. The molecule has 1 saturated carbocycles. The number of halogens is 1. The molecule has 0 unspecified atom stereocenters. The van der Waals surface area contributed by atoms with Crippen LogP contribution < -0.4 is 5.32 Å². The Bertz CT molecular complexity index is 769. The van der Waals surface area contributed by atoms with E-state index in [1.54, 1.807) is 0 Å². The molecule has 1 aliphatic carbocycles. The molecular formula is C17H19BrN2O3. The zero-order valence-corrected chi connectivity index (χ0v) is 14.5. The van der Waals surface area contributed by atoms with E-state index in [2.05, 4.69) is 21.2 Å². The van der Waals surface area contributed by atoms with Gasteiger partial charge in [-0.15, -0.1) is 0 Å². The maximum absolute atomic E-state index is 12.4. The van der Waals surface area contributed by atoms with Gasteiger partial charge in [-0.05, 0) is 41.8 Å². The normalized spacial score (nSPS) is 20.8. The number of aliphatic carboxylic acids is 1. The molecule has 2 aromatic rings.